The molecule has 0 heterocycles. The van der Waals surface area contributed by atoms with E-state index >= 15 is 0 Å². The van der Waals surface area contributed by atoms with Crippen molar-refractivity contribution < 1.29 is 13.9 Å². The van der Waals surface area contributed by atoms with Gasteiger partial charge in [-0.05, 0) is 26.3 Å². The van der Waals surface area contributed by atoms with Crippen LogP contribution in [0.2, 0.25) is 0 Å². The highest BCUT2D eigenvalue weighted by molar-refractivity contribution is 6.22. The average molecular weight is 227 g/mol. The van der Waals surface area contributed by atoms with E-state index in [0.29, 0.717) is 13.0 Å². The number of hydrogen-bond acceptors (Lipinski definition) is 4. The maximum atomic E-state index is 12.9. The number of carbonyl (C=O) groups excluding carboxylic acids is 1. The van der Waals surface area contributed by atoms with Crippen LogP contribution in [0.25, 0.3) is 0 Å². The fourth-order valence-corrected chi connectivity index (χ4v) is 1.16. The highest BCUT2D eigenvalue weighted by Gasteiger charge is 2.42. The molecule has 0 saturated heterocycles. The number of nitrogens with two attached hydrogens (primary N) is 2. The maximum absolute atomic E-state index is 12.9. The van der Waals surface area contributed by atoms with Gasteiger partial charge in [-0.1, -0.05) is 11.6 Å². The molecule has 4 nitrogen and oxygen atoms in total. The Morgan fingerprint density at radius 1 is 1.71 bits per heavy atom. The lowest BCUT2D eigenvalue weighted by atomic mass is 9.96. The van der Waals surface area contributed by atoms with Crippen molar-refractivity contribution >= 4 is 17.6 Å². The van der Waals surface area contributed by atoms with E-state index in [1.165, 1.54) is 0 Å². The summed E-state index contributed by atoms with van der Waals surface area (Å²) in [5, 5.41) is 0. The van der Waals surface area contributed by atoms with Crippen LogP contribution in [0.5, 0.6) is 0 Å². The minimum absolute atomic E-state index is 0.0764. The third-order valence-electron chi connectivity index (χ3n) is 1.84. The zero-order chi connectivity index (χ0) is 11.2. The molecular formula is C8H16ClFN2O2. The van der Waals surface area contributed by atoms with Crippen molar-refractivity contribution in [2.24, 2.45) is 11.5 Å². The lowest BCUT2D eigenvalue weighted by molar-refractivity contribution is -0.151. The van der Waals surface area contributed by atoms with Crippen LogP contribution in [0, 0.1) is 0 Å². The number of rotatable bonds is 6. The number of hydrogen-bond donors (Lipinski definition) is 2. The van der Waals surface area contributed by atoms with Gasteiger partial charge < -0.3 is 16.2 Å². The summed E-state index contributed by atoms with van der Waals surface area (Å²) in [5.74, 6) is -0.823. The van der Waals surface area contributed by atoms with Crippen LogP contribution >= 0.6 is 11.6 Å². The van der Waals surface area contributed by atoms with Gasteiger partial charge in [0.2, 0.25) is 5.63 Å². The summed E-state index contributed by atoms with van der Waals surface area (Å²) in [6.45, 7) is 2.08. The minimum Gasteiger partial charge on any atom is -0.465 e. The summed E-state index contributed by atoms with van der Waals surface area (Å²) in [7, 11) is 0. The molecule has 0 saturated carbocycles. The molecule has 0 aromatic heterocycles. The van der Waals surface area contributed by atoms with E-state index < -0.39 is 17.1 Å². The Labute approximate surface area is 87.7 Å². The molecule has 0 aliphatic rings. The SMILES string of the molecule is CCOC(=O)[C@@](N)(CCCN)C(F)Cl. The molecule has 0 amide bonds. The molecule has 6 heteroatoms. The van der Waals surface area contributed by atoms with Gasteiger partial charge in [0.1, 0.15) is 0 Å². The molecule has 0 spiro atoms. The third kappa shape index (κ3) is 3.40. The quantitative estimate of drug-likeness (QED) is 0.511. The molecule has 0 rings (SSSR count). The van der Waals surface area contributed by atoms with Gasteiger partial charge >= 0.3 is 5.97 Å². The smallest absolute Gasteiger partial charge is 0.330 e. The summed E-state index contributed by atoms with van der Waals surface area (Å²) < 4.78 is 17.6. The highest BCUT2D eigenvalue weighted by Crippen LogP contribution is 2.22. The largest absolute Gasteiger partial charge is 0.465 e. The fourth-order valence-electron chi connectivity index (χ4n) is 0.960. The molecule has 0 aromatic carbocycles. The van der Waals surface area contributed by atoms with Gasteiger partial charge in [-0.25, -0.2) is 9.18 Å². The van der Waals surface area contributed by atoms with Crippen LogP contribution in [0.4, 0.5) is 4.39 Å². The van der Waals surface area contributed by atoms with Crippen LogP contribution in [0.3, 0.4) is 0 Å². The Balaban J connectivity index is 4.45. The third-order valence-corrected chi connectivity index (χ3v) is 2.23. The van der Waals surface area contributed by atoms with E-state index in [2.05, 4.69) is 4.74 Å². The molecule has 0 fully saturated rings. The Hall–Kier alpha value is -0.390. The second kappa shape index (κ2) is 6.16. The lowest BCUT2D eigenvalue weighted by Gasteiger charge is -2.26. The van der Waals surface area contributed by atoms with Crippen molar-refractivity contribution in [1.82, 2.24) is 0 Å². The van der Waals surface area contributed by atoms with E-state index in [1.807, 2.05) is 0 Å². The van der Waals surface area contributed by atoms with Gasteiger partial charge in [-0.15, -0.1) is 0 Å². The molecule has 0 aliphatic heterocycles. The number of carbonyl (C=O) groups is 1. The number of ether oxygens (including phenoxy) is 1. The van der Waals surface area contributed by atoms with Crippen molar-refractivity contribution in [1.29, 1.82) is 0 Å². The first kappa shape index (κ1) is 13.6. The maximum Gasteiger partial charge on any atom is 0.330 e. The summed E-state index contributed by atoms with van der Waals surface area (Å²) in [6.07, 6.45) is 0.495. The topological polar surface area (TPSA) is 78.3 Å². The lowest BCUT2D eigenvalue weighted by Crippen LogP contribution is -2.54. The zero-order valence-corrected chi connectivity index (χ0v) is 8.89. The predicted molar refractivity (Wildman–Crippen MR) is 52.6 cm³/mol. The van der Waals surface area contributed by atoms with Crippen LogP contribution in [0.1, 0.15) is 19.8 Å². The van der Waals surface area contributed by atoms with Crippen molar-refractivity contribution in [3.05, 3.63) is 0 Å². The van der Waals surface area contributed by atoms with Crippen LogP contribution in [-0.4, -0.2) is 30.3 Å². The first-order chi connectivity index (χ1) is 6.49. The molecule has 2 atom stereocenters. The van der Waals surface area contributed by atoms with Crippen molar-refractivity contribution in [2.45, 2.75) is 30.9 Å². The molecule has 4 N–H and O–H groups in total. The molecule has 0 aromatic rings. The Kier molecular flexibility index (Phi) is 5.99. The molecule has 0 aliphatic carbocycles. The fraction of sp³-hybridized carbons (Fsp3) is 0.875. The van der Waals surface area contributed by atoms with Gasteiger partial charge in [0, 0.05) is 0 Å². The normalized spacial score (nSPS) is 17.2. The van der Waals surface area contributed by atoms with Crippen LogP contribution in [-0.2, 0) is 9.53 Å². The minimum atomic E-state index is -1.96. The second-order valence-corrected chi connectivity index (χ2v) is 3.34. The van der Waals surface area contributed by atoms with Gasteiger partial charge in [0.25, 0.3) is 0 Å². The standard InChI is InChI=1S/C8H16ClFN2O2/c1-2-14-7(13)8(12,6(9)10)4-3-5-11/h6H,2-5,11-12H2,1H3/t6?,8-/m1/s1. The van der Waals surface area contributed by atoms with Gasteiger partial charge in [-0.2, -0.15) is 0 Å². The molecule has 0 bridgehead atoms. The molecular weight excluding hydrogens is 211 g/mol. The van der Waals surface area contributed by atoms with Crippen LogP contribution in [0.15, 0.2) is 0 Å². The second-order valence-electron chi connectivity index (χ2n) is 2.95. The Morgan fingerprint density at radius 2 is 2.29 bits per heavy atom. The van der Waals surface area contributed by atoms with E-state index in [0.717, 1.165) is 0 Å². The first-order valence-electron chi connectivity index (χ1n) is 4.43. The number of halogens is 2. The van der Waals surface area contributed by atoms with Crippen LogP contribution < -0.4 is 11.5 Å². The monoisotopic (exact) mass is 226 g/mol. The summed E-state index contributed by atoms with van der Waals surface area (Å²) >= 11 is 5.22. The van der Waals surface area contributed by atoms with Gasteiger partial charge in [0.15, 0.2) is 5.54 Å². The number of esters is 1. The first-order valence-corrected chi connectivity index (χ1v) is 4.87. The molecule has 0 radical (unpaired) electrons. The summed E-state index contributed by atoms with van der Waals surface area (Å²) in [4.78, 5) is 11.3. The van der Waals surface area contributed by atoms with E-state index in [4.69, 9.17) is 23.1 Å². The summed E-state index contributed by atoms with van der Waals surface area (Å²) in [5.41, 5.74) is 7.01. The van der Waals surface area contributed by atoms with Crippen molar-refractivity contribution in [3.8, 4) is 0 Å². The van der Waals surface area contributed by atoms with Crippen molar-refractivity contribution in [2.75, 3.05) is 13.2 Å². The highest BCUT2D eigenvalue weighted by atomic mass is 35.5. The number of alkyl halides is 2. The molecule has 84 valence electrons. The van der Waals surface area contributed by atoms with E-state index in [-0.39, 0.29) is 13.0 Å². The predicted octanol–water partition coefficient (Wildman–Crippen LogP) is 0.520. The Bertz CT molecular complexity index is 192. The zero-order valence-electron chi connectivity index (χ0n) is 8.13. The van der Waals surface area contributed by atoms with Gasteiger partial charge in [0.05, 0.1) is 6.61 Å². The summed E-state index contributed by atoms with van der Waals surface area (Å²) in [6, 6.07) is 0. The van der Waals surface area contributed by atoms with Crippen molar-refractivity contribution in [3.63, 3.8) is 0 Å². The molecule has 1 unspecified atom stereocenters. The molecule has 14 heavy (non-hydrogen) atoms. The average Bonchev–Trinajstić information content (AvgIpc) is 2.14. The van der Waals surface area contributed by atoms with E-state index in [1.54, 1.807) is 6.92 Å². The van der Waals surface area contributed by atoms with Gasteiger partial charge in [-0.3, -0.25) is 0 Å². The Morgan fingerprint density at radius 3 is 2.64 bits per heavy atom. The van der Waals surface area contributed by atoms with E-state index in [9.17, 15) is 9.18 Å².